The second kappa shape index (κ2) is 4.97. The van der Waals surface area contributed by atoms with Crippen molar-refractivity contribution in [3.8, 4) is 5.75 Å². The molecule has 98 valence electrons. The molecule has 0 radical (unpaired) electrons. The number of carbonyl (C=O) groups is 1. The molecule has 5 nitrogen and oxygen atoms in total. The standard InChI is InChI=1S/C14H13NO4/c1-3-13(17)15-7-11-8(2)10-5-4-9(16)6-12(10)19-14(11)18/h3-6,16H,1,7H2,2H3,(H,15,17). The van der Waals surface area contributed by atoms with E-state index in [2.05, 4.69) is 11.9 Å². The monoisotopic (exact) mass is 259 g/mol. The van der Waals surface area contributed by atoms with E-state index in [1.54, 1.807) is 13.0 Å². The molecule has 0 bridgehead atoms. The van der Waals surface area contributed by atoms with Gasteiger partial charge in [0, 0.05) is 11.5 Å². The topological polar surface area (TPSA) is 79.5 Å². The van der Waals surface area contributed by atoms with Crippen LogP contribution in [-0.4, -0.2) is 11.0 Å². The summed E-state index contributed by atoms with van der Waals surface area (Å²) in [4.78, 5) is 23.0. The first-order valence-corrected chi connectivity index (χ1v) is 5.68. The molecule has 2 aromatic rings. The summed E-state index contributed by atoms with van der Waals surface area (Å²) in [5.74, 6) is -0.327. The molecule has 1 aromatic heterocycles. The molecule has 0 aliphatic heterocycles. The number of aryl methyl sites for hydroxylation is 1. The Labute approximate surface area is 109 Å². The van der Waals surface area contributed by atoms with Crippen LogP contribution in [0.3, 0.4) is 0 Å². The van der Waals surface area contributed by atoms with Crippen molar-refractivity contribution in [1.29, 1.82) is 0 Å². The van der Waals surface area contributed by atoms with Gasteiger partial charge in [-0.2, -0.15) is 0 Å². The normalized spacial score (nSPS) is 10.4. The summed E-state index contributed by atoms with van der Waals surface area (Å²) in [5.41, 5.74) is 0.894. The van der Waals surface area contributed by atoms with E-state index in [-0.39, 0.29) is 18.2 Å². The lowest BCUT2D eigenvalue weighted by Crippen LogP contribution is -2.24. The van der Waals surface area contributed by atoms with E-state index in [9.17, 15) is 14.7 Å². The number of carbonyl (C=O) groups excluding carboxylic acids is 1. The minimum Gasteiger partial charge on any atom is -0.508 e. The number of benzene rings is 1. The summed E-state index contributed by atoms with van der Waals surface area (Å²) >= 11 is 0. The van der Waals surface area contributed by atoms with E-state index in [1.165, 1.54) is 12.1 Å². The van der Waals surface area contributed by atoms with Gasteiger partial charge in [-0.1, -0.05) is 6.58 Å². The average molecular weight is 259 g/mol. The number of rotatable bonds is 3. The molecule has 0 aliphatic rings. The molecule has 1 heterocycles. The van der Waals surface area contributed by atoms with Crippen LogP contribution >= 0.6 is 0 Å². The minimum atomic E-state index is -0.528. The molecule has 0 atom stereocenters. The van der Waals surface area contributed by atoms with Gasteiger partial charge in [0.15, 0.2) is 0 Å². The molecule has 0 unspecified atom stereocenters. The maximum atomic E-state index is 11.8. The Morgan fingerprint density at radius 2 is 2.26 bits per heavy atom. The number of aromatic hydroxyl groups is 1. The van der Waals surface area contributed by atoms with Gasteiger partial charge in [0.1, 0.15) is 11.3 Å². The van der Waals surface area contributed by atoms with Gasteiger partial charge in [0.25, 0.3) is 0 Å². The highest BCUT2D eigenvalue weighted by Gasteiger charge is 2.12. The molecule has 1 aromatic carbocycles. The summed E-state index contributed by atoms with van der Waals surface area (Å²) in [6.45, 7) is 5.18. The fraction of sp³-hybridized carbons (Fsp3) is 0.143. The van der Waals surface area contributed by atoms with Crippen LogP contribution in [0.4, 0.5) is 0 Å². The van der Waals surface area contributed by atoms with Gasteiger partial charge in [-0.15, -0.1) is 0 Å². The summed E-state index contributed by atoms with van der Waals surface area (Å²) in [7, 11) is 0. The lowest BCUT2D eigenvalue weighted by molar-refractivity contribution is -0.116. The molecule has 0 saturated carbocycles. The zero-order valence-corrected chi connectivity index (χ0v) is 10.4. The van der Waals surface area contributed by atoms with Gasteiger partial charge < -0.3 is 14.8 Å². The van der Waals surface area contributed by atoms with Crippen molar-refractivity contribution in [2.24, 2.45) is 0 Å². The molecule has 0 fully saturated rings. The van der Waals surface area contributed by atoms with Crippen LogP contribution in [0.5, 0.6) is 5.75 Å². The van der Waals surface area contributed by atoms with E-state index in [0.717, 1.165) is 17.0 Å². The van der Waals surface area contributed by atoms with Gasteiger partial charge in [0.2, 0.25) is 5.91 Å². The van der Waals surface area contributed by atoms with Crippen LogP contribution in [0.1, 0.15) is 11.1 Å². The van der Waals surface area contributed by atoms with E-state index >= 15 is 0 Å². The maximum Gasteiger partial charge on any atom is 0.341 e. The van der Waals surface area contributed by atoms with Crippen LogP contribution < -0.4 is 10.9 Å². The van der Waals surface area contributed by atoms with Crippen molar-refractivity contribution in [1.82, 2.24) is 5.32 Å². The zero-order chi connectivity index (χ0) is 14.0. The molecule has 1 amide bonds. The van der Waals surface area contributed by atoms with E-state index in [0.29, 0.717) is 11.1 Å². The fourth-order valence-corrected chi connectivity index (χ4v) is 1.83. The smallest absolute Gasteiger partial charge is 0.341 e. The Morgan fingerprint density at radius 1 is 1.53 bits per heavy atom. The molecule has 0 saturated heterocycles. The Balaban J connectivity index is 2.50. The first kappa shape index (κ1) is 12.9. The molecular formula is C14H13NO4. The van der Waals surface area contributed by atoms with Crippen molar-refractivity contribution < 1.29 is 14.3 Å². The van der Waals surface area contributed by atoms with Crippen molar-refractivity contribution >= 4 is 16.9 Å². The third-order valence-corrected chi connectivity index (χ3v) is 2.90. The van der Waals surface area contributed by atoms with Crippen LogP contribution in [-0.2, 0) is 11.3 Å². The van der Waals surface area contributed by atoms with Crippen molar-refractivity contribution in [2.45, 2.75) is 13.5 Å². The number of amides is 1. The number of phenolic OH excluding ortho intramolecular Hbond substituents is 1. The predicted octanol–water partition coefficient (Wildman–Crippen LogP) is 1.61. The Bertz CT molecular complexity index is 715. The molecular weight excluding hydrogens is 246 g/mol. The second-order valence-corrected chi connectivity index (χ2v) is 4.10. The van der Waals surface area contributed by atoms with Gasteiger partial charge in [-0.3, -0.25) is 4.79 Å². The highest BCUT2D eigenvalue weighted by Crippen LogP contribution is 2.23. The van der Waals surface area contributed by atoms with Crippen LogP contribution in [0.15, 0.2) is 40.1 Å². The van der Waals surface area contributed by atoms with Gasteiger partial charge in [-0.25, -0.2) is 4.79 Å². The fourth-order valence-electron chi connectivity index (χ4n) is 1.83. The number of nitrogens with one attached hydrogen (secondary N) is 1. The highest BCUT2D eigenvalue weighted by molar-refractivity contribution is 5.87. The molecule has 19 heavy (non-hydrogen) atoms. The maximum absolute atomic E-state index is 11.8. The Hall–Kier alpha value is -2.56. The van der Waals surface area contributed by atoms with Crippen molar-refractivity contribution in [3.05, 3.63) is 52.4 Å². The largest absolute Gasteiger partial charge is 0.508 e. The number of fused-ring (bicyclic) bond motifs is 1. The number of phenols is 1. The van der Waals surface area contributed by atoms with Crippen molar-refractivity contribution in [3.63, 3.8) is 0 Å². The summed E-state index contributed by atoms with van der Waals surface area (Å²) in [6, 6.07) is 4.57. The summed E-state index contributed by atoms with van der Waals surface area (Å²) in [5, 5.41) is 12.6. The van der Waals surface area contributed by atoms with E-state index < -0.39 is 5.63 Å². The molecule has 2 rings (SSSR count). The Kier molecular flexibility index (Phi) is 3.37. The SMILES string of the molecule is C=CC(=O)NCc1c(C)c2ccc(O)cc2oc1=O. The lowest BCUT2D eigenvalue weighted by Gasteiger charge is -2.08. The molecule has 0 spiro atoms. The quantitative estimate of drug-likeness (QED) is 0.648. The molecule has 0 aliphatic carbocycles. The lowest BCUT2D eigenvalue weighted by atomic mass is 10.1. The van der Waals surface area contributed by atoms with Crippen LogP contribution in [0.25, 0.3) is 11.0 Å². The van der Waals surface area contributed by atoms with E-state index in [1.807, 2.05) is 0 Å². The van der Waals surface area contributed by atoms with Crippen LogP contribution in [0.2, 0.25) is 0 Å². The molecule has 5 heteroatoms. The summed E-state index contributed by atoms with van der Waals surface area (Å²) < 4.78 is 5.13. The predicted molar refractivity (Wildman–Crippen MR) is 70.9 cm³/mol. The third-order valence-electron chi connectivity index (χ3n) is 2.90. The zero-order valence-electron chi connectivity index (χ0n) is 10.4. The number of hydrogen-bond donors (Lipinski definition) is 2. The number of hydrogen-bond acceptors (Lipinski definition) is 4. The minimum absolute atomic E-state index is 0.0303. The van der Waals surface area contributed by atoms with Gasteiger partial charge >= 0.3 is 5.63 Å². The van der Waals surface area contributed by atoms with Gasteiger partial charge in [-0.05, 0) is 30.7 Å². The Morgan fingerprint density at radius 3 is 2.95 bits per heavy atom. The van der Waals surface area contributed by atoms with E-state index in [4.69, 9.17) is 4.42 Å². The first-order valence-electron chi connectivity index (χ1n) is 5.68. The summed E-state index contributed by atoms with van der Waals surface area (Å²) in [6.07, 6.45) is 1.13. The van der Waals surface area contributed by atoms with Gasteiger partial charge in [0.05, 0.1) is 12.1 Å². The molecule has 2 N–H and O–H groups in total. The highest BCUT2D eigenvalue weighted by atomic mass is 16.4. The average Bonchev–Trinajstić information content (AvgIpc) is 2.37. The van der Waals surface area contributed by atoms with Crippen molar-refractivity contribution in [2.75, 3.05) is 0 Å². The van der Waals surface area contributed by atoms with Crippen LogP contribution in [0, 0.1) is 6.92 Å². The first-order chi connectivity index (χ1) is 9.02. The third kappa shape index (κ3) is 2.49. The second-order valence-electron chi connectivity index (χ2n) is 4.10.